The topological polar surface area (TPSA) is 33.7 Å². The van der Waals surface area contributed by atoms with Crippen molar-refractivity contribution in [3.63, 3.8) is 0 Å². The zero-order valence-corrected chi connectivity index (χ0v) is 10.5. The van der Waals surface area contributed by atoms with Crippen LogP contribution in [0, 0.1) is 13.5 Å². The predicted octanol–water partition coefficient (Wildman–Crippen LogP) is 3.94. The zero-order chi connectivity index (χ0) is 13.2. The minimum Gasteiger partial charge on any atom is -0.363 e. The summed E-state index contributed by atoms with van der Waals surface area (Å²) in [5, 5.41) is 7.58. The third-order valence-corrected chi connectivity index (χ3v) is 3.02. The van der Waals surface area contributed by atoms with Gasteiger partial charge in [-0.3, -0.25) is 0 Å². The second-order valence-corrected chi connectivity index (χ2v) is 4.28. The molecule has 0 aliphatic carbocycles. The lowest BCUT2D eigenvalue weighted by Gasteiger charge is -2.10. The molecule has 0 spiro atoms. The number of benzene rings is 1. The molecule has 0 atom stereocenters. The van der Waals surface area contributed by atoms with Gasteiger partial charge in [0.1, 0.15) is 0 Å². The van der Waals surface area contributed by atoms with Crippen molar-refractivity contribution >= 4 is 22.6 Å². The fourth-order valence-electron chi connectivity index (χ4n) is 2.06. The first-order chi connectivity index (χ1) is 9.29. The number of hydrogen-bond acceptors (Lipinski definition) is 2. The number of anilines is 2. The van der Waals surface area contributed by atoms with E-state index >= 15 is 0 Å². The normalized spacial score (nSPS) is 10.3. The summed E-state index contributed by atoms with van der Waals surface area (Å²) in [6.45, 7) is 9.26. The van der Waals surface area contributed by atoms with Gasteiger partial charge in [-0.05, 0) is 31.2 Å². The molecular weight excluding hydrogens is 236 g/mol. The first-order valence-electron chi connectivity index (χ1n) is 5.96. The predicted molar refractivity (Wildman–Crippen MR) is 75.9 cm³/mol. The molecule has 0 bridgehead atoms. The molecule has 0 radical (unpaired) electrons. The highest BCUT2D eigenvalue weighted by Crippen LogP contribution is 2.32. The smallest absolute Gasteiger partial charge is 0.231 e. The van der Waals surface area contributed by atoms with Crippen molar-refractivity contribution in [1.29, 1.82) is 0 Å². The van der Waals surface area contributed by atoms with E-state index in [1.165, 1.54) is 0 Å². The van der Waals surface area contributed by atoms with Gasteiger partial charge in [0.25, 0.3) is 0 Å². The van der Waals surface area contributed by atoms with Crippen molar-refractivity contribution in [3.8, 4) is 0 Å². The summed E-state index contributed by atoms with van der Waals surface area (Å²) in [5.74, 6) is 0. The summed E-state index contributed by atoms with van der Waals surface area (Å²) >= 11 is 0. The lowest BCUT2D eigenvalue weighted by molar-refractivity contribution is 0.906. The molecule has 4 heteroatoms. The van der Waals surface area contributed by atoms with E-state index in [4.69, 9.17) is 6.57 Å². The first-order valence-corrected chi connectivity index (χ1v) is 5.96. The molecule has 92 valence electrons. The van der Waals surface area contributed by atoms with Gasteiger partial charge < -0.3 is 5.32 Å². The Labute approximate surface area is 111 Å². The number of aromatic nitrogens is 2. The minimum atomic E-state index is 0.523. The molecule has 1 aromatic carbocycles. The molecule has 3 rings (SSSR count). The van der Waals surface area contributed by atoms with Crippen LogP contribution in [0.25, 0.3) is 10.4 Å². The van der Waals surface area contributed by atoms with Crippen molar-refractivity contribution in [1.82, 2.24) is 9.61 Å². The standard InChI is InChI=1S/C15H12N4/c1-11-8-9-14-15(13(16-2)10-17-19(11)14)18-12-6-4-3-5-7-12/h3-10,18H,1H3. The summed E-state index contributed by atoms with van der Waals surface area (Å²) in [6, 6.07) is 13.8. The van der Waals surface area contributed by atoms with E-state index < -0.39 is 0 Å². The largest absolute Gasteiger partial charge is 0.363 e. The number of fused-ring (bicyclic) bond motifs is 1. The fourth-order valence-corrected chi connectivity index (χ4v) is 2.06. The second-order valence-electron chi connectivity index (χ2n) is 4.28. The van der Waals surface area contributed by atoms with Crippen LogP contribution >= 0.6 is 0 Å². The fraction of sp³-hybridized carbons (Fsp3) is 0.0667. The molecule has 1 N–H and O–H groups in total. The van der Waals surface area contributed by atoms with Crippen molar-refractivity contribution in [2.24, 2.45) is 0 Å². The number of para-hydroxylation sites is 1. The van der Waals surface area contributed by atoms with E-state index in [9.17, 15) is 0 Å². The summed E-state index contributed by atoms with van der Waals surface area (Å²) in [7, 11) is 0. The minimum absolute atomic E-state index is 0.523. The van der Waals surface area contributed by atoms with E-state index in [2.05, 4.69) is 15.3 Å². The molecule has 0 unspecified atom stereocenters. The van der Waals surface area contributed by atoms with Gasteiger partial charge in [0, 0.05) is 11.4 Å². The van der Waals surface area contributed by atoms with Crippen LogP contribution in [0.1, 0.15) is 5.69 Å². The Hall–Kier alpha value is -2.80. The summed E-state index contributed by atoms with van der Waals surface area (Å²) in [4.78, 5) is 3.54. The van der Waals surface area contributed by atoms with E-state index in [1.807, 2.05) is 53.9 Å². The van der Waals surface area contributed by atoms with Gasteiger partial charge in [-0.25, -0.2) is 9.36 Å². The Morgan fingerprint density at radius 1 is 1.16 bits per heavy atom. The van der Waals surface area contributed by atoms with Gasteiger partial charge in [0.05, 0.1) is 24.0 Å². The van der Waals surface area contributed by atoms with Gasteiger partial charge in [-0.1, -0.05) is 18.2 Å². The Bertz CT molecular complexity index is 766. The molecular formula is C15H12N4. The maximum atomic E-state index is 7.27. The van der Waals surface area contributed by atoms with Crippen LogP contribution in [-0.4, -0.2) is 9.61 Å². The maximum absolute atomic E-state index is 7.27. The lowest BCUT2D eigenvalue weighted by atomic mass is 10.2. The van der Waals surface area contributed by atoms with Crippen LogP contribution < -0.4 is 5.32 Å². The Morgan fingerprint density at radius 2 is 1.95 bits per heavy atom. The van der Waals surface area contributed by atoms with Crippen LogP contribution in [-0.2, 0) is 0 Å². The quantitative estimate of drug-likeness (QED) is 0.697. The van der Waals surface area contributed by atoms with Gasteiger partial charge in [0.2, 0.25) is 5.69 Å². The van der Waals surface area contributed by atoms with Gasteiger partial charge >= 0.3 is 0 Å². The second kappa shape index (κ2) is 4.46. The third-order valence-electron chi connectivity index (χ3n) is 3.02. The average Bonchev–Trinajstić information content (AvgIpc) is 2.82. The van der Waals surface area contributed by atoms with Gasteiger partial charge in [-0.15, -0.1) is 0 Å². The maximum Gasteiger partial charge on any atom is 0.231 e. The number of rotatable bonds is 2. The van der Waals surface area contributed by atoms with Crippen molar-refractivity contribution in [3.05, 3.63) is 65.8 Å². The van der Waals surface area contributed by atoms with Crippen LogP contribution in [0.4, 0.5) is 17.1 Å². The van der Waals surface area contributed by atoms with E-state index in [0.717, 1.165) is 22.6 Å². The number of aryl methyl sites for hydroxylation is 1. The molecule has 4 nitrogen and oxygen atoms in total. The van der Waals surface area contributed by atoms with Crippen molar-refractivity contribution < 1.29 is 0 Å². The molecule has 0 aliphatic heterocycles. The molecule has 0 amide bonds. The highest BCUT2D eigenvalue weighted by Gasteiger charge is 2.10. The molecule has 19 heavy (non-hydrogen) atoms. The number of nitrogens with one attached hydrogen (secondary N) is 1. The highest BCUT2D eigenvalue weighted by molar-refractivity contribution is 5.88. The van der Waals surface area contributed by atoms with E-state index in [1.54, 1.807) is 6.20 Å². The molecule has 0 saturated heterocycles. The molecule has 2 heterocycles. The highest BCUT2D eigenvalue weighted by atomic mass is 15.2. The number of nitrogens with zero attached hydrogens (tertiary/aromatic N) is 3. The Balaban J connectivity index is 2.18. The zero-order valence-electron chi connectivity index (χ0n) is 10.5. The van der Waals surface area contributed by atoms with Crippen LogP contribution in [0.5, 0.6) is 0 Å². The van der Waals surface area contributed by atoms with Crippen LogP contribution in [0.3, 0.4) is 0 Å². The molecule has 0 fully saturated rings. The van der Waals surface area contributed by atoms with E-state index in [0.29, 0.717) is 5.69 Å². The van der Waals surface area contributed by atoms with Gasteiger partial charge in [-0.2, -0.15) is 5.10 Å². The molecule has 2 aromatic heterocycles. The third kappa shape index (κ3) is 1.91. The van der Waals surface area contributed by atoms with E-state index in [-0.39, 0.29) is 0 Å². The number of hydrogen-bond donors (Lipinski definition) is 1. The Morgan fingerprint density at radius 3 is 2.68 bits per heavy atom. The summed E-state index contributed by atoms with van der Waals surface area (Å²) in [6.07, 6.45) is 1.60. The van der Waals surface area contributed by atoms with Crippen LogP contribution in [0.15, 0.2) is 48.7 Å². The summed E-state index contributed by atoms with van der Waals surface area (Å²) < 4.78 is 1.83. The first kappa shape index (κ1) is 11.3. The summed E-state index contributed by atoms with van der Waals surface area (Å²) in [5.41, 5.74) is 4.23. The average molecular weight is 248 g/mol. The van der Waals surface area contributed by atoms with Gasteiger partial charge in [0.15, 0.2) is 0 Å². The monoisotopic (exact) mass is 248 g/mol. The molecule has 3 aromatic rings. The van der Waals surface area contributed by atoms with Crippen molar-refractivity contribution in [2.75, 3.05) is 5.32 Å². The molecule has 0 aliphatic rings. The molecule has 0 saturated carbocycles. The van der Waals surface area contributed by atoms with Crippen molar-refractivity contribution in [2.45, 2.75) is 6.92 Å². The van der Waals surface area contributed by atoms with Crippen LogP contribution in [0.2, 0.25) is 0 Å². The lowest BCUT2D eigenvalue weighted by Crippen LogP contribution is -1.98. The Kier molecular flexibility index (Phi) is 2.66. The SMILES string of the molecule is [C-]#[N+]c1cnn2c(C)ccc2c1Nc1ccccc1.